The zero-order valence-corrected chi connectivity index (χ0v) is 13.4. The second kappa shape index (κ2) is 6.28. The molecule has 0 N–H and O–H groups in total. The lowest BCUT2D eigenvalue weighted by molar-refractivity contribution is -0.385. The van der Waals surface area contributed by atoms with Crippen LogP contribution in [0.15, 0.2) is 78.9 Å². The molecule has 0 aliphatic carbocycles. The van der Waals surface area contributed by atoms with Gasteiger partial charge in [-0.25, -0.2) is 0 Å². The maximum atomic E-state index is 11.1. The van der Waals surface area contributed by atoms with E-state index in [0.717, 1.165) is 22.6 Å². The third-order valence-corrected chi connectivity index (χ3v) is 4.29. The van der Waals surface area contributed by atoms with Gasteiger partial charge in [0.1, 0.15) is 5.75 Å². The van der Waals surface area contributed by atoms with Gasteiger partial charge in [-0.3, -0.25) is 10.1 Å². The number of para-hydroxylation sites is 2. The molecule has 0 aromatic heterocycles. The molecule has 1 atom stereocenters. The number of fused-ring (bicyclic) bond motifs is 1. The number of nitro groups is 1. The maximum absolute atomic E-state index is 11.1. The van der Waals surface area contributed by atoms with Crippen molar-refractivity contribution in [1.29, 1.82) is 0 Å². The Morgan fingerprint density at radius 2 is 1.72 bits per heavy atom. The molecule has 0 spiro atoms. The van der Waals surface area contributed by atoms with Gasteiger partial charge in [0.25, 0.3) is 5.69 Å². The fourth-order valence-electron chi connectivity index (χ4n) is 3.09. The zero-order chi connectivity index (χ0) is 17.2. The van der Waals surface area contributed by atoms with Crippen LogP contribution < -0.4 is 9.64 Å². The van der Waals surface area contributed by atoms with Crippen LogP contribution in [0.25, 0.3) is 0 Å². The summed E-state index contributed by atoms with van der Waals surface area (Å²) in [5, 5.41) is 11.1. The van der Waals surface area contributed by atoms with Crippen molar-refractivity contribution in [2.75, 3.05) is 4.90 Å². The molecule has 0 bridgehead atoms. The highest BCUT2D eigenvalue weighted by Gasteiger charge is 2.29. The number of non-ortho nitro benzene ring substituents is 1. The van der Waals surface area contributed by atoms with Crippen molar-refractivity contribution in [1.82, 2.24) is 0 Å². The van der Waals surface area contributed by atoms with Gasteiger partial charge in [-0.2, -0.15) is 0 Å². The molecule has 5 nitrogen and oxygen atoms in total. The first-order valence-electron chi connectivity index (χ1n) is 8.03. The molecule has 3 aromatic carbocycles. The van der Waals surface area contributed by atoms with Crippen LogP contribution in [0.4, 0.5) is 11.4 Å². The minimum Gasteiger partial charge on any atom is -0.466 e. The van der Waals surface area contributed by atoms with Gasteiger partial charge in [0, 0.05) is 28.9 Å². The zero-order valence-electron chi connectivity index (χ0n) is 13.4. The Balaban J connectivity index is 1.80. The first kappa shape index (κ1) is 15.2. The molecule has 1 aliphatic rings. The molecule has 124 valence electrons. The predicted octanol–water partition coefficient (Wildman–Crippen LogP) is 4.69. The molecule has 1 heterocycles. The number of rotatable bonds is 3. The van der Waals surface area contributed by atoms with E-state index in [9.17, 15) is 10.1 Å². The van der Waals surface area contributed by atoms with Crippen LogP contribution in [0.5, 0.6) is 5.75 Å². The van der Waals surface area contributed by atoms with Gasteiger partial charge in [0.2, 0.25) is 0 Å². The normalized spacial score (nSPS) is 16.0. The van der Waals surface area contributed by atoms with Crippen molar-refractivity contribution >= 4 is 11.4 Å². The predicted molar refractivity (Wildman–Crippen MR) is 95.5 cm³/mol. The number of benzene rings is 3. The topological polar surface area (TPSA) is 55.6 Å². The number of hydrogen-bond acceptors (Lipinski definition) is 4. The number of nitrogens with zero attached hydrogens (tertiary/aromatic N) is 2. The highest BCUT2D eigenvalue weighted by molar-refractivity contribution is 5.53. The van der Waals surface area contributed by atoms with Crippen LogP contribution in [-0.2, 0) is 6.54 Å². The lowest BCUT2D eigenvalue weighted by Crippen LogP contribution is -2.36. The van der Waals surface area contributed by atoms with Crippen LogP contribution in [0.3, 0.4) is 0 Å². The van der Waals surface area contributed by atoms with E-state index >= 15 is 0 Å². The molecule has 1 aliphatic heterocycles. The lowest BCUT2D eigenvalue weighted by atomic mass is 10.1. The molecule has 4 rings (SSSR count). The van der Waals surface area contributed by atoms with Crippen molar-refractivity contribution in [2.24, 2.45) is 0 Å². The summed E-state index contributed by atoms with van der Waals surface area (Å²) in [4.78, 5) is 12.9. The van der Waals surface area contributed by atoms with E-state index in [1.807, 2.05) is 60.7 Å². The average Bonchev–Trinajstić information content (AvgIpc) is 2.67. The van der Waals surface area contributed by atoms with Crippen molar-refractivity contribution in [3.63, 3.8) is 0 Å². The third-order valence-electron chi connectivity index (χ3n) is 4.29. The quantitative estimate of drug-likeness (QED) is 0.515. The van der Waals surface area contributed by atoms with Crippen molar-refractivity contribution in [3.05, 3.63) is 100 Å². The van der Waals surface area contributed by atoms with Gasteiger partial charge in [-0.05, 0) is 18.2 Å². The fourth-order valence-corrected chi connectivity index (χ4v) is 3.09. The molecular weight excluding hydrogens is 316 g/mol. The number of nitro benzene ring substituents is 1. The maximum Gasteiger partial charge on any atom is 0.269 e. The summed E-state index contributed by atoms with van der Waals surface area (Å²) in [5.74, 6) is 0.811. The highest BCUT2D eigenvalue weighted by Crippen LogP contribution is 2.38. The van der Waals surface area contributed by atoms with Crippen LogP contribution in [0, 0.1) is 10.1 Å². The molecule has 0 radical (unpaired) electrons. The summed E-state index contributed by atoms with van der Waals surface area (Å²) in [5.41, 5.74) is 2.92. The first-order chi connectivity index (χ1) is 12.2. The smallest absolute Gasteiger partial charge is 0.269 e. The van der Waals surface area contributed by atoms with Gasteiger partial charge in [-0.1, -0.05) is 48.5 Å². The van der Waals surface area contributed by atoms with Crippen molar-refractivity contribution in [3.8, 4) is 5.75 Å². The Kier molecular flexibility index (Phi) is 3.82. The summed E-state index contributed by atoms with van der Waals surface area (Å²) in [6.07, 6.45) is -0.419. The van der Waals surface area contributed by atoms with Gasteiger partial charge >= 0.3 is 0 Å². The number of ether oxygens (including phenoxy) is 1. The monoisotopic (exact) mass is 332 g/mol. The first-order valence-corrected chi connectivity index (χ1v) is 8.03. The van der Waals surface area contributed by atoms with E-state index in [1.54, 1.807) is 12.1 Å². The number of hydrogen-bond donors (Lipinski definition) is 0. The number of anilines is 1. The Morgan fingerprint density at radius 1 is 0.960 bits per heavy atom. The van der Waals surface area contributed by atoms with E-state index in [0.29, 0.717) is 6.54 Å². The molecule has 0 amide bonds. The minimum atomic E-state index is -0.419. The molecule has 0 saturated carbocycles. The molecular formula is C20H16N2O3. The largest absolute Gasteiger partial charge is 0.466 e. The van der Waals surface area contributed by atoms with Gasteiger partial charge in [0.15, 0.2) is 6.23 Å². The van der Waals surface area contributed by atoms with Gasteiger partial charge in [0.05, 0.1) is 11.5 Å². The van der Waals surface area contributed by atoms with Gasteiger partial charge < -0.3 is 9.64 Å². The molecule has 25 heavy (non-hydrogen) atoms. The molecule has 0 fully saturated rings. The molecule has 0 saturated heterocycles. The van der Waals surface area contributed by atoms with E-state index < -0.39 is 6.23 Å². The molecule has 5 heteroatoms. The summed E-state index contributed by atoms with van der Waals surface area (Å²) in [6, 6.07) is 24.5. The van der Waals surface area contributed by atoms with Crippen LogP contribution in [0.1, 0.15) is 17.4 Å². The van der Waals surface area contributed by atoms with Crippen molar-refractivity contribution in [2.45, 2.75) is 12.8 Å². The van der Waals surface area contributed by atoms with E-state index in [4.69, 9.17) is 4.74 Å². The van der Waals surface area contributed by atoms with Crippen molar-refractivity contribution < 1.29 is 9.66 Å². The Labute approximate surface area is 145 Å². The Bertz CT molecular complexity index is 912. The average molecular weight is 332 g/mol. The fraction of sp³-hybridized carbons (Fsp3) is 0.100. The van der Waals surface area contributed by atoms with Crippen LogP contribution >= 0.6 is 0 Å². The standard InChI is InChI=1S/C20H16N2O3/c23-22(24)18-11-6-8-15(13-18)20-21(17-9-2-1-3-10-17)14-16-7-4-5-12-19(16)25-20/h1-13,20H,14H2. The SMILES string of the molecule is O=[N+]([O-])c1cccc(C2Oc3ccccc3CN2c2ccccc2)c1. The second-order valence-corrected chi connectivity index (χ2v) is 5.89. The van der Waals surface area contributed by atoms with E-state index in [-0.39, 0.29) is 10.6 Å². The van der Waals surface area contributed by atoms with Crippen LogP contribution in [-0.4, -0.2) is 4.92 Å². The van der Waals surface area contributed by atoms with E-state index in [2.05, 4.69) is 4.90 Å². The second-order valence-electron chi connectivity index (χ2n) is 5.89. The lowest BCUT2D eigenvalue weighted by Gasteiger charge is -2.38. The summed E-state index contributed by atoms with van der Waals surface area (Å²) >= 11 is 0. The summed E-state index contributed by atoms with van der Waals surface area (Å²) in [6.45, 7) is 0.674. The Hall–Kier alpha value is -3.34. The molecule has 3 aromatic rings. The summed E-state index contributed by atoms with van der Waals surface area (Å²) < 4.78 is 6.22. The highest BCUT2D eigenvalue weighted by atomic mass is 16.6. The minimum absolute atomic E-state index is 0.0629. The summed E-state index contributed by atoms with van der Waals surface area (Å²) in [7, 11) is 0. The van der Waals surface area contributed by atoms with Gasteiger partial charge in [-0.15, -0.1) is 0 Å². The third kappa shape index (κ3) is 2.92. The Morgan fingerprint density at radius 3 is 2.52 bits per heavy atom. The van der Waals surface area contributed by atoms with Crippen LogP contribution in [0.2, 0.25) is 0 Å². The molecule has 1 unspecified atom stereocenters. The van der Waals surface area contributed by atoms with E-state index in [1.165, 1.54) is 6.07 Å².